The highest BCUT2D eigenvalue weighted by Crippen LogP contribution is 2.29. The number of aromatic nitrogens is 2. The van der Waals surface area contributed by atoms with E-state index in [1.807, 2.05) is 24.3 Å². The lowest BCUT2D eigenvalue weighted by molar-refractivity contribution is -0.132. The molecule has 1 aliphatic heterocycles. The zero-order valence-electron chi connectivity index (χ0n) is 14.7. The van der Waals surface area contributed by atoms with E-state index in [2.05, 4.69) is 15.5 Å². The number of halogens is 1. The van der Waals surface area contributed by atoms with Gasteiger partial charge in [0.1, 0.15) is 17.9 Å². The van der Waals surface area contributed by atoms with Gasteiger partial charge in [-0.15, -0.1) is 12.4 Å². The molecular formula is C17H23ClN4O4. The zero-order chi connectivity index (χ0) is 17.8. The Morgan fingerprint density at radius 3 is 2.81 bits per heavy atom. The summed E-state index contributed by atoms with van der Waals surface area (Å²) in [5.41, 5.74) is 6.36. The fourth-order valence-electron chi connectivity index (χ4n) is 2.93. The van der Waals surface area contributed by atoms with E-state index >= 15 is 0 Å². The number of carbonyl (C=O) groups is 1. The van der Waals surface area contributed by atoms with Crippen molar-refractivity contribution in [1.29, 1.82) is 0 Å². The van der Waals surface area contributed by atoms with E-state index in [0.29, 0.717) is 30.4 Å². The van der Waals surface area contributed by atoms with Crippen molar-refractivity contribution in [2.45, 2.75) is 38.0 Å². The van der Waals surface area contributed by atoms with Crippen molar-refractivity contribution in [3.63, 3.8) is 0 Å². The maximum Gasteiger partial charge on any atom is 0.250 e. The van der Waals surface area contributed by atoms with E-state index in [-0.39, 0.29) is 24.4 Å². The average molecular weight is 383 g/mol. The summed E-state index contributed by atoms with van der Waals surface area (Å²) >= 11 is 0. The molecule has 1 saturated heterocycles. The number of amides is 1. The molecule has 0 bridgehead atoms. The quantitative estimate of drug-likeness (QED) is 0.778. The third-order valence-electron chi connectivity index (χ3n) is 4.20. The van der Waals surface area contributed by atoms with Crippen molar-refractivity contribution >= 4 is 18.3 Å². The standard InChI is InChI=1S/C17H22N4O4.ClH/c1-10-19-16(21-25-10)15(12-5-3-4-6-13(12)23-2)20-17(22)14-8-7-11(9-18)24-14;/h3-6,11,14-15H,7-9,18H2,1-2H3,(H,20,22);1H/t11-,14+,15?;/m1./s1. The molecule has 2 aromatic rings. The molecular weight excluding hydrogens is 360 g/mol. The molecule has 0 aliphatic carbocycles. The van der Waals surface area contributed by atoms with Crippen LogP contribution >= 0.6 is 12.4 Å². The number of hydrogen-bond acceptors (Lipinski definition) is 7. The molecule has 142 valence electrons. The second-order valence-electron chi connectivity index (χ2n) is 5.91. The van der Waals surface area contributed by atoms with E-state index < -0.39 is 12.1 Å². The number of ether oxygens (including phenoxy) is 2. The molecule has 3 rings (SSSR count). The van der Waals surface area contributed by atoms with Crippen molar-refractivity contribution < 1.29 is 18.8 Å². The van der Waals surface area contributed by atoms with Crippen LogP contribution in [-0.4, -0.2) is 41.9 Å². The lowest BCUT2D eigenvalue weighted by atomic mass is 10.0. The van der Waals surface area contributed by atoms with Crippen molar-refractivity contribution in [1.82, 2.24) is 15.5 Å². The molecule has 26 heavy (non-hydrogen) atoms. The molecule has 3 N–H and O–H groups in total. The van der Waals surface area contributed by atoms with E-state index in [9.17, 15) is 4.79 Å². The maximum absolute atomic E-state index is 12.7. The second-order valence-corrected chi connectivity index (χ2v) is 5.91. The molecule has 1 amide bonds. The van der Waals surface area contributed by atoms with Gasteiger partial charge in [-0.1, -0.05) is 23.4 Å². The number of rotatable bonds is 6. The predicted molar refractivity (Wildman–Crippen MR) is 96.2 cm³/mol. The minimum absolute atomic E-state index is 0. The molecule has 1 aliphatic rings. The Bertz CT molecular complexity index is 739. The number of methoxy groups -OCH3 is 1. The summed E-state index contributed by atoms with van der Waals surface area (Å²) in [6, 6.07) is 6.79. The summed E-state index contributed by atoms with van der Waals surface area (Å²) in [7, 11) is 1.57. The van der Waals surface area contributed by atoms with Gasteiger partial charge in [-0.3, -0.25) is 4.79 Å². The summed E-state index contributed by atoms with van der Waals surface area (Å²) in [6.07, 6.45) is 0.805. The number of nitrogens with zero attached hydrogens (tertiary/aromatic N) is 2. The van der Waals surface area contributed by atoms with Crippen LogP contribution in [0, 0.1) is 6.92 Å². The number of benzene rings is 1. The van der Waals surface area contributed by atoms with Crippen LogP contribution in [0.5, 0.6) is 5.75 Å². The molecule has 2 heterocycles. The van der Waals surface area contributed by atoms with Gasteiger partial charge < -0.3 is 25.0 Å². The summed E-state index contributed by atoms with van der Waals surface area (Å²) in [5.74, 6) is 1.19. The van der Waals surface area contributed by atoms with Crippen molar-refractivity contribution in [3.8, 4) is 5.75 Å². The number of carbonyl (C=O) groups excluding carboxylic acids is 1. The predicted octanol–water partition coefficient (Wildman–Crippen LogP) is 1.52. The van der Waals surface area contributed by atoms with Crippen LogP contribution in [0.25, 0.3) is 0 Å². The van der Waals surface area contributed by atoms with E-state index in [1.165, 1.54) is 0 Å². The molecule has 3 atom stereocenters. The van der Waals surface area contributed by atoms with E-state index in [0.717, 1.165) is 12.0 Å². The maximum atomic E-state index is 12.7. The van der Waals surface area contributed by atoms with Gasteiger partial charge >= 0.3 is 0 Å². The third kappa shape index (κ3) is 4.32. The Morgan fingerprint density at radius 1 is 1.42 bits per heavy atom. The first-order valence-corrected chi connectivity index (χ1v) is 8.21. The van der Waals surface area contributed by atoms with Crippen molar-refractivity contribution in [2.24, 2.45) is 5.73 Å². The highest BCUT2D eigenvalue weighted by atomic mass is 35.5. The smallest absolute Gasteiger partial charge is 0.250 e. The third-order valence-corrected chi connectivity index (χ3v) is 4.20. The van der Waals surface area contributed by atoms with Crippen LogP contribution in [0.4, 0.5) is 0 Å². The molecule has 8 nitrogen and oxygen atoms in total. The molecule has 9 heteroatoms. The van der Waals surface area contributed by atoms with Gasteiger partial charge in [0.25, 0.3) is 0 Å². The summed E-state index contributed by atoms with van der Waals surface area (Å²) < 4.78 is 16.2. The average Bonchev–Trinajstić information content (AvgIpc) is 3.28. The van der Waals surface area contributed by atoms with Crippen LogP contribution < -0.4 is 15.8 Å². The van der Waals surface area contributed by atoms with Gasteiger partial charge in [0.15, 0.2) is 5.82 Å². The number of nitrogens with one attached hydrogen (secondary N) is 1. The van der Waals surface area contributed by atoms with Crippen molar-refractivity contribution in [3.05, 3.63) is 41.5 Å². The van der Waals surface area contributed by atoms with Crippen LogP contribution in [0.3, 0.4) is 0 Å². The summed E-state index contributed by atoms with van der Waals surface area (Å²) in [5, 5.41) is 6.92. The Labute approximate surface area is 157 Å². The molecule has 1 unspecified atom stereocenters. The Hall–Kier alpha value is -2.16. The number of nitrogens with two attached hydrogens (primary N) is 1. The Balaban J connectivity index is 0.00000243. The SMILES string of the molecule is COc1ccccc1C(NC(=O)[C@@H]1CC[C@H](CN)O1)c1noc(C)n1.Cl. The monoisotopic (exact) mass is 382 g/mol. The van der Waals surface area contributed by atoms with Crippen LogP contribution in [0.1, 0.15) is 36.2 Å². The first-order valence-electron chi connectivity index (χ1n) is 8.21. The highest BCUT2D eigenvalue weighted by molar-refractivity contribution is 5.85. The Kier molecular flexibility index (Phi) is 6.96. The van der Waals surface area contributed by atoms with Crippen LogP contribution in [0.15, 0.2) is 28.8 Å². The summed E-state index contributed by atoms with van der Waals surface area (Å²) in [6.45, 7) is 2.10. The van der Waals surface area contributed by atoms with Gasteiger partial charge in [-0.25, -0.2) is 0 Å². The minimum atomic E-state index is -0.596. The van der Waals surface area contributed by atoms with Crippen LogP contribution in [-0.2, 0) is 9.53 Å². The topological polar surface area (TPSA) is 112 Å². The van der Waals surface area contributed by atoms with E-state index in [4.69, 9.17) is 19.7 Å². The van der Waals surface area contributed by atoms with Gasteiger partial charge in [0.2, 0.25) is 11.8 Å². The molecule has 1 fully saturated rings. The fourth-order valence-corrected chi connectivity index (χ4v) is 2.93. The number of aryl methyl sites for hydroxylation is 1. The molecule has 1 aromatic carbocycles. The molecule has 0 radical (unpaired) electrons. The van der Waals surface area contributed by atoms with Crippen LogP contribution in [0.2, 0.25) is 0 Å². The van der Waals surface area contributed by atoms with Gasteiger partial charge in [0.05, 0.1) is 13.2 Å². The normalized spacial score (nSPS) is 20.3. The lowest BCUT2D eigenvalue weighted by Gasteiger charge is -2.20. The number of para-hydroxylation sites is 1. The first kappa shape index (κ1) is 20.2. The van der Waals surface area contributed by atoms with Gasteiger partial charge in [0, 0.05) is 19.0 Å². The zero-order valence-corrected chi connectivity index (χ0v) is 15.5. The lowest BCUT2D eigenvalue weighted by Crippen LogP contribution is -2.38. The Morgan fingerprint density at radius 2 is 2.19 bits per heavy atom. The minimum Gasteiger partial charge on any atom is -0.496 e. The van der Waals surface area contributed by atoms with Gasteiger partial charge in [-0.2, -0.15) is 4.98 Å². The fraction of sp³-hybridized carbons (Fsp3) is 0.471. The second kappa shape index (κ2) is 8.98. The van der Waals surface area contributed by atoms with E-state index in [1.54, 1.807) is 14.0 Å². The largest absolute Gasteiger partial charge is 0.496 e. The highest BCUT2D eigenvalue weighted by Gasteiger charge is 2.33. The summed E-state index contributed by atoms with van der Waals surface area (Å²) in [4.78, 5) is 16.9. The molecule has 1 aromatic heterocycles. The molecule has 0 saturated carbocycles. The van der Waals surface area contributed by atoms with Gasteiger partial charge in [-0.05, 0) is 18.9 Å². The number of hydrogen-bond donors (Lipinski definition) is 2. The first-order chi connectivity index (χ1) is 12.1. The van der Waals surface area contributed by atoms with Crippen molar-refractivity contribution in [2.75, 3.05) is 13.7 Å². The molecule has 0 spiro atoms.